The smallest absolute Gasteiger partial charge is 0.251 e. The molecule has 0 radical (unpaired) electrons. The predicted molar refractivity (Wildman–Crippen MR) is 86.2 cm³/mol. The Morgan fingerprint density at radius 2 is 1.79 bits per heavy atom. The van der Waals surface area contributed by atoms with Crippen LogP contribution >= 0.6 is 0 Å². The van der Waals surface area contributed by atoms with E-state index in [9.17, 15) is 13.6 Å². The molecule has 0 aromatic heterocycles. The molecular weight excluding hydrogens is 314 g/mol. The first kappa shape index (κ1) is 16.4. The number of hydrogen-bond donors (Lipinski definition) is 2. The van der Waals surface area contributed by atoms with Gasteiger partial charge in [0, 0.05) is 17.7 Å². The maximum atomic E-state index is 13.6. The number of hydrogen-bond acceptors (Lipinski definition) is 3. The zero-order valence-electron chi connectivity index (χ0n) is 13.0. The summed E-state index contributed by atoms with van der Waals surface area (Å²) in [5, 5.41) is 6.24. The van der Waals surface area contributed by atoms with Crippen molar-refractivity contribution in [1.82, 2.24) is 10.6 Å². The molecule has 0 atom stereocenters. The van der Waals surface area contributed by atoms with E-state index in [1.54, 1.807) is 24.3 Å². The molecule has 1 aliphatic heterocycles. The molecule has 0 aliphatic carbocycles. The van der Waals surface area contributed by atoms with Gasteiger partial charge in [0.15, 0.2) is 11.6 Å². The minimum absolute atomic E-state index is 0.0664. The molecule has 0 bridgehead atoms. The zero-order valence-corrected chi connectivity index (χ0v) is 13.0. The molecule has 0 unspecified atom stereocenters. The number of amides is 1. The molecule has 0 spiro atoms. The number of nitrogens with one attached hydrogen (secondary N) is 2. The molecule has 2 N–H and O–H groups in total. The normalized spacial score (nSPS) is 15.1. The maximum Gasteiger partial charge on any atom is 0.251 e. The highest BCUT2D eigenvalue weighted by atomic mass is 19.1. The topological polar surface area (TPSA) is 50.4 Å². The average molecular weight is 332 g/mol. The third-order valence-corrected chi connectivity index (χ3v) is 3.91. The monoisotopic (exact) mass is 332 g/mol. The van der Waals surface area contributed by atoms with E-state index >= 15 is 0 Å². The Morgan fingerprint density at radius 1 is 1.08 bits per heavy atom. The lowest BCUT2D eigenvalue weighted by molar-refractivity contribution is 0.0929. The molecule has 2 aromatic carbocycles. The molecule has 6 heteroatoms. The van der Waals surface area contributed by atoms with Gasteiger partial charge in [0.1, 0.15) is 11.6 Å². The maximum absolute atomic E-state index is 13.6. The summed E-state index contributed by atoms with van der Waals surface area (Å²) in [5.41, 5.74) is 0.514. The lowest BCUT2D eigenvalue weighted by atomic mass is 10.1. The Morgan fingerprint density at radius 3 is 2.46 bits per heavy atom. The van der Waals surface area contributed by atoms with Crippen LogP contribution in [-0.4, -0.2) is 25.0 Å². The third-order valence-electron chi connectivity index (χ3n) is 3.91. The first-order valence-electron chi connectivity index (χ1n) is 7.86. The van der Waals surface area contributed by atoms with Crippen molar-refractivity contribution in [3.8, 4) is 11.5 Å². The van der Waals surface area contributed by atoms with Crippen molar-refractivity contribution in [2.24, 2.45) is 0 Å². The molecule has 1 aliphatic rings. The van der Waals surface area contributed by atoms with E-state index in [-0.39, 0.29) is 17.7 Å². The van der Waals surface area contributed by atoms with Gasteiger partial charge in [-0.2, -0.15) is 0 Å². The van der Waals surface area contributed by atoms with Gasteiger partial charge in [-0.1, -0.05) is 0 Å². The van der Waals surface area contributed by atoms with Gasteiger partial charge in [0.05, 0.1) is 0 Å². The molecular formula is C18H18F2N2O2. The Kier molecular flexibility index (Phi) is 5.05. The first-order chi connectivity index (χ1) is 11.6. The standard InChI is InChI=1S/C18H18F2N2O2/c19-13-3-6-17(16(20)11-13)24-15-4-1-12(2-5-15)18(23)22-14-7-9-21-10-8-14/h1-6,11,14,21H,7-10H2,(H,22,23). The van der Waals surface area contributed by atoms with Crippen LogP contribution in [0.1, 0.15) is 23.2 Å². The molecule has 24 heavy (non-hydrogen) atoms. The van der Waals surface area contributed by atoms with Crippen molar-refractivity contribution in [1.29, 1.82) is 0 Å². The summed E-state index contributed by atoms with van der Waals surface area (Å²) < 4.78 is 31.8. The minimum Gasteiger partial charge on any atom is -0.454 e. The van der Waals surface area contributed by atoms with Crippen LogP contribution in [0.2, 0.25) is 0 Å². The van der Waals surface area contributed by atoms with Crippen molar-refractivity contribution < 1.29 is 18.3 Å². The van der Waals surface area contributed by atoms with Crippen LogP contribution in [0.3, 0.4) is 0 Å². The molecule has 1 fully saturated rings. The van der Waals surface area contributed by atoms with Gasteiger partial charge in [0.2, 0.25) is 0 Å². The lowest BCUT2D eigenvalue weighted by Gasteiger charge is -2.23. The van der Waals surface area contributed by atoms with Crippen LogP contribution in [0.4, 0.5) is 8.78 Å². The minimum atomic E-state index is -0.775. The van der Waals surface area contributed by atoms with Crippen LogP contribution in [0.5, 0.6) is 11.5 Å². The molecule has 4 nitrogen and oxygen atoms in total. The van der Waals surface area contributed by atoms with Crippen molar-refractivity contribution in [3.63, 3.8) is 0 Å². The van der Waals surface area contributed by atoms with Gasteiger partial charge >= 0.3 is 0 Å². The van der Waals surface area contributed by atoms with Crippen molar-refractivity contribution in [2.75, 3.05) is 13.1 Å². The van der Waals surface area contributed by atoms with Crippen LogP contribution in [0.15, 0.2) is 42.5 Å². The molecule has 0 saturated carbocycles. The summed E-state index contributed by atoms with van der Waals surface area (Å²) in [7, 11) is 0. The molecule has 1 heterocycles. The van der Waals surface area contributed by atoms with Gasteiger partial charge in [-0.25, -0.2) is 8.78 Å². The summed E-state index contributed by atoms with van der Waals surface area (Å²) in [5.74, 6) is -1.27. The van der Waals surface area contributed by atoms with E-state index in [0.29, 0.717) is 11.3 Å². The Balaban J connectivity index is 1.63. The summed E-state index contributed by atoms with van der Waals surface area (Å²) in [6.45, 7) is 1.81. The SMILES string of the molecule is O=C(NC1CCNCC1)c1ccc(Oc2ccc(F)cc2F)cc1. The summed E-state index contributed by atoms with van der Waals surface area (Å²) in [4.78, 5) is 12.2. The number of rotatable bonds is 4. The lowest BCUT2D eigenvalue weighted by Crippen LogP contribution is -2.42. The quantitative estimate of drug-likeness (QED) is 0.904. The summed E-state index contributed by atoms with van der Waals surface area (Å²) in [6, 6.07) is 9.70. The number of carbonyl (C=O) groups is 1. The fraction of sp³-hybridized carbons (Fsp3) is 0.278. The number of ether oxygens (including phenoxy) is 1. The molecule has 1 amide bonds. The Hall–Kier alpha value is -2.47. The van der Waals surface area contributed by atoms with E-state index in [1.807, 2.05) is 0 Å². The van der Waals surface area contributed by atoms with Gasteiger partial charge in [-0.3, -0.25) is 4.79 Å². The molecule has 2 aromatic rings. The average Bonchev–Trinajstić information content (AvgIpc) is 2.59. The van der Waals surface area contributed by atoms with Gasteiger partial charge in [-0.15, -0.1) is 0 Å². The largest absolute Gasteiger partial charge is 0.454 e. The molecule has 1 saturated heterocycles. The number of piperidine rings is 1. The van der Waals surface area contributed by atoms with Crippen LogP contribution in [0, 0.1) is 11.6 Å². The first-order valence-corrected chi connectivity index (χ1v) is 7.86. The summed E-state index contributed by atoms with van der Waals surface area (Å²) in [6.07, 6.45) is 1.83. The highest BCUT2D eigenvalue weighted by Gasteiger charge is 2.16. The highest BCUT2D eigenvalue weighted by Crippen LogP contribution is 2.25. The molecule has 3 rings (SSSR count). The number of carbonyl (C=O) groups excluding carboxylic acids is 1. The fourth-order valence-corrected chi connectivity index (χ4v) is 2.59. The Bertz CT molecular complexity index is 713. The van der Waals surface area contributed by atoms with E-state index in [2.05, 4.69) is 10.6 Å². The van der Waals surface area contributed by atoms with E-state index in [4.69, 9.17) is 4.74 Å². The van der Waals surface area contributed by atoms with Crippen LogP contribution in [0.25, 0.3) is 0 Å². The zero-order chi connectivity index (χ0) is 16.9. The summed E-state index contributed by atoms with van der Waals surface area (Å²) >= 11 is 0. The second-order valence-electron chi connectivity index (χ2n) is 5.70. The Labute approximate surface area is 138 Å². The van der Waals surface area contributed by atoms with E-state index < -0.39 is 11.6 Å². The van der Waals surface area contributed by atoms with E-state index in [0.717, 1.165) is 38.1 Å². The van der Waals surface area contributed by atoms with Gasteiger partial charge < -0.3 is 15.4 Å². The third kappa shape index (κ3) is 4.08. The van der Waals surface area contributed by atoms with Crippen molar-refractivity contribution >= 4 is 5.91 Å². The highest BCUT2D eigenvalue weighted by molar-refractivity contribution is 5.94. The molecule has 126 valence electrons. The van der Waals surface area contributed by atoms with Crippen LogP contribution < -0.4 is 15.4 Å². The second kappa shape index (κ2) is 7.40. The van der Waals surface area contributed by atoms with Crippen molar-refractivity contribution in [3.05, 3.63) is 59.7 Å². The number of halogens is 2. The second-order valence-corrected chi connectivity index (χ2v) is 5.70. The predicted octanol–water partition coefficient (Wildman–Crippen LogP) is 3.24. The number of benzene rings is 2. The van der Waals surface area contributed by atoms with Crippen LogP contribution in [-0.2, 0) is 0 Å². The van der Waals surface area contributed by atoms with E-state index in [1.165, 1.54) is 6.07 Å². The fourth-order valence-electron chi connectivity index (χ4n) is 2.59. The van der Waals surface area contributed by atoms with Crippen molar-refractivity contribution in [2.45, 2.75) is 18.9 Å². The van der Waals surface area contributed by atoms with Gasteiger partial charge in [0.25, 0.3) is 5.91 Å². The van der Waals surface area contributed by atoms with Gasteiger partial charge in [-0.05, 0) is 62.3 Å².